The lowest BCUT2D eigenvalue weighted by Gasteiger charge is -2.26. The second-order valence-electron chi connectivity index (χ2n) is 4.39. The van der Waals surface area contributed by atoms with Gasteiger partial charge in [-0.05, 0) is 26.4 Å². The Bertz CT molecular complexity index is 200. The summed E-state index contributed by atoms with van der Waals surface area (Å²) in [6.07, 6.45) is 2.26. The molecule has 1 atom stereocenters. The highest BCUT2D eigenvalue weighted by molar-refractivity contribution is 5.49. The number of rotatable bonds is 8. The average molecular weight is 213 g/mol. The highest BCUT2D eigenvalue weighted by atomic mass is 16.5. The van der Waals surface area contributed by atoms with Gasteiger partial charge in [0.15, 0.2) is 0 Å². The molecule has 0 amide bonds. The van der Waals surface area contributed by atoms with Gasteiger partial charge in [-0.3, -0.25) is 4.90 Å². The van der Waals surface area contributed by atoms with Gasteiger partial charge in [-0.2, -0.15) is 0 Å². The second kappa shape index (κ2) is 7.46. The van der Waals surface area contributed by atoms with Gasteiger partial charge in [0, 0.05) is 6.42 Å². The molecule has 0 aliphatic heterocycles. The SMILES string of the molecule is C=C(OCC(C)C)[C@H](CCC=O)N(C)C. The first kappa shape index (κ1) is 14.2. The highest BCUT2D eigenvalue weighted by Crippen LogP contribution is 2.14. The molecule has 0 aromatic rings. The van der Waals surface area contributed by atoms with E-state index in [4.69, 9.17) is 4.74 Å². The molecule has 0 saturated carbocycles. The number of aldehydes is 1. The Morgan fingerprint density at radius 2 is 2.07 bits per heavy atom. The Balaban J connectivity index is 4.10. The molecule has 0 N–H and O–H groups in total. The van der Waals surface area contributed by atoms with Gasteiger partial charge in [0.05, 0.1) is 12.6 Å². The van der Waals surface area contributed by atoms with Crippen LogP contribution in [0.1, 0.15) is 26.7 Å². The summed E-state index contributed by atoms with van der Waals surface area (Å²) in [6.45, 7) is 8.81. The minimum Gasteiger partial charge on any atom is -0.497 e. The summed E-state index contributed by atoms with van der Waals surface area (Å²) in [4.78, 5) is 12.4. The predicted octanol–water partition coefficient (Wildman–Crippen LogP) is 2.08. The van der Waals surface area contributed by atoms with Crippen molar-refractivity contribution in [2.24, 2.45) is 5.92 Å². The second-order valence-corrected chi connectivity index (χ2v) is 4.39. The highest BCUT2D eigenvalue weighted by Gasteiger charge is 2.16. The molecule has 0 spiro atoms. The predicted molar refractivity (Wildman–Crippen MR) is 62.7 cm³/mol. The standard InChI is InChI=1S/C12H23NO2/c1-10(2)9-15-11(3)12(13(4)5)7-6-8-14/h8,10,12H,3,6-7,9H2,1-2,4-5H3/t12-/m0/s1. The number of hydrogen-bond donors (Lipinski definition) is 0. The number of nitrogens with zero attached hydrogens (tertiary/aromatic N) is 1. The summed E-state index contributed by atoms with van der Waals surface area (Å²) in [5, 5.41) is 0. The van der Waals surface area contributed by atoms with Crippen molar-refractivity contribution in [1.29, 1.82) is 0 Å². The molecular formula is C12H23NO2. The Hall–Kier alpha value is -0.830. The molecule has 0 heterocycles. The van der Waals surface area contributed by atoms with Gasteiger partial charge in [-0.25, -0.2) is 0 Å². The molecule has 0 saturated heterocycles. The topological polar surface area (TPSA) is 29.5 Å². The van der Waals surface area contributed by atoms with Crippen LogP contribution < -0.4 is 0 Å². The third-order valence-corrected chi connectivity index (χ3v) is 2.16. The van der Waals surface area contributed by atoms with Crippen LogP contribution in [0.25, 0.3) is 0 Å². The van der Waals surface area contributed by atoms with E-state index < -0.39 is 0 Å². The third kappa shape index (κ3) is 6.28. The fraction of sp³-hybridized carbons (Fsp3) is 0.750. The number of carbonyl (C=O) groups excluding carboxylic acids is 1. The van der Waals surface area contributed by atoms with Crippen molar-refractivity contribution >= 4 is 6.29 Å². The van der Waals surface area contributed by atoms with E-state index in [2.05, 4.69) is 20.4 Å². The van der Waals surface area contributed by atoms with Crippen molar-refractivity contribution in [3.8, 4) is 0 Å². The van der Waals surface area contributed by atoms with Crippen LogP contribution in [0.15, 0.2) is 12.3 Å². The van der Waals surface area contributed by atoms with Gasteiger partial charge in [0.25, 0.3) is 0 Å². The molecule has 0 radical (unpaired) electrons. The molecule has 3 nitrogen and oxygen atoms in total. The van der Waals surface area contributed by atoms with Gasteiger partial charge in [-0.1, -0.05) is 20.4 Å². The summed E-state index contributed by atoms with van der Waals surface area (Å²) in [5.41, 5.74) is 0. The molecule has 0 rings (SSSR count). The minimum absolute atomic E-state index is 0.133. The first-order chi connectivity index (χ1) is 6.99. The fourth-order valence-corrected chi connectivity index (χ4v) is 1.30. The molecule has 0 aromatic heterocycles. The van der Waals surface area contributed by atoms with E-state index in [1.165, 1.54) is 0 Å². The average Bonchev–Trinajstić information content (AvgIpc) is 2.14. The maximum absolute atomic E-state index is 10.3. The fourth-order valence-electron chi connectivity index (χ4n) is 1.30. The number of likely N-dealkylation sites (N-methyl/N-ethyl adjacent to an activating group) is 1. The van der Waals surface area contributed by atoms with Crippen molar-refractivity contribution in [3.63, 3.8) is 0 Å². The smallest absolute Gasteiger partial charge is 0.120 e. The zero-order valence-corrected chi connectivity index (χ0v) is 10.3. The zero-order chi connectivity index (χ0) is 11.8. The number of ether oxygens (including phenoxy) is 1. The summed E-state index contributed by atoms with van der Waals surface area (Å²) >= 11 is 0. The minimum atomic E-state index is 0.133. The normalized spacial score (nSPS) is 12.9. The zero-order valence-electron chi connectivity index (χ0n) is 10.3. The van der Waals surface area contributed by atoms with Crippen molar-refractivity contribution in [1.82, 2.24) is 4.90 Å². The Kier molecular flexibility index (Phi) is 7.05. The van der Waals surface area contributed by atoms with Gasteiger partial charge in [0.2, 0.25) is 0 Å². The quantitative estimate of drug-likeness (QED) is 0.457. The molecule has 88 valence electrons. The van der Waals surface area contributed by atoms with Crippen LogP contribution in [-0.4, -0.2) is 37.9 Å². The Labute approximate surface area is 93.1 Å². The summed E-state index contributed by atoms with van der Waals surface area (Å²) in [6, 6.07) is 0.133. The summed E-state index contributed by atoms with van der Waals surface area (Å²) < 4.78 is 5.57. The largest absolute Gasteiger partial charge is 0.497 e. The molecule has 0 fully saturated rings. The van der Waals surface area contributed by atoms with E-state index in [-0.39, 0.29) is 6.04 Å². The number of hydrogen-bond acceptors (Lipinski definition) is 3. The summed E-state index contributed by atoms with van der Waals surface area (Å²) in [7, 11) is 3.94. The van der Waals surface area contributed by atoms with Crippen molar-refractivity contribution < 1.29 is 9.53 Å². The molecular weight excluding hydrogens is 190 g/mol. The first-order valence-electron chi connectivity index (χ1n) is 5.40. The summed E-state index contributed by atoms with van der Waals surface area (Å²) in [5.74, 6) is 1.26. The van der Waals surface area contributed by atoms with Crippen LogP contribution in [0, 0.1) is 5.92 Å². The third-order valence-electron chi connectivity index (χ3n) is 2.16. The Morgan fingerprint density at radius 3 is 2.47 bits per heavy atom. The maximum atomic E-state index is 10.3. The van der Waals surface area contributed by atoms with Crippen LogP contribution in [-0.2, 0) is 9.53 Å². The van der Waals surface area contributed by atoms with Crippen LogP contribution in [0.3, 0.4) is 0 Å². The van der Waals surface area contributed by atoms with Crippen molar-refractivity contribution in [3.05, 3.63) is 12.3 Å². The van der Waals surface area contributed by atoms with Crippen LogP contribution in [0.4, 0.5) is 0 Å². The van der Waals surface area contributed by atoms with Crippen LogP contribution >= 0.6 is 0 Å². The van der Waals surface area contributed by atoms with E-state index in [9.17, 15) is 4.79 Å². The lowest BCUT2D eigenvalue weighted by atomic mass is 10.1. The van der Waals surface area contributed by atoms with E-state index in [0.29, 0.717) is 18.9 Å². The first-order valence-corrected chi connectivity index (χ1v) is 5.40. The maximum Gasteiger partial charge on any atom is 0.120 e. The molecule has 0 aliphatic carbocycles. The lowest BCUT2D eigenvalue weighted by Crippen LogP contribution is -2.31. The monoisotopic (exact) mass is 213 g/mol. The van der Waals surface area contributed by atoms with E-state index in [1.807, 2.05) is 19.0 Å². The number of carbonyl (C=O) groups is 1. The van der Waals surface area contributed by atoms with E-state index >= 15 is 0 Å². The van der Waals surface area contributed by atoms with Gasteiger partial charge in [-0.15, -0.1) is 0 Å². The van der Waals surface area contributed by atoms with Gasteiger partial charge < -0.3 is 9.53 Å². The van der Waals surface area contributed by atoms with Crippen molar-refractivity contribution in [2.75, 3.05) is 20.7 Å². The van der Waals surface area contributed by atoms with Crippen LogP contribution in [0.5, 0.6) is 0 Å². The van der Waals surface area contributed by atoms with E-state index in [1.54, 1.807) is 0 Å². The van der Waals surface area contributed by atoms with Gasteiger partial charge >= 0.3 is 0 Å². The van der Waals surface area contributed by atoms with Crippen LogP contribution in [0.2, 0.25) is 0 Å². The Morgan fingerprint density at radius 1 is 1.47 bits per heavy atom. The molecule has 0 unspecified atom stereocenters. The molecule has 0 aliphatic rings. The molecule has 3 heteroatoms. The lowest BCUT2D eigenvalue weighted by molar-refractivity contribution is -0.108. The molecule has 15 heavy (non-hydrogen) atoms. The van der Waals surface area contributed by atoms with Crippen molar-refractivity contribution in [2.45, 2.75) is 32.7 Å². The van der Waals surface area contributed by atoms with Gasteiger partial charge in [0.1, 0.15) is 12.0 Å². The molecule has 0 aromatic carbocycles. The van der Waals surface area contributed by atoms with E-state index in [0.717, 1.165) is 18.5 Å². The molecule has 0 bridgehead atoms.